The summed E-state index contributed by atoms with van der Waals surface area (Å²) in [5.41, 5.74) is 1.24. The predicted molar refractivity (Wildman–Crippen MR) is 108 cm³/mol. The molecule has 0 bridgehead atoms. The highest BCUT2D eigenvalue weighted by atomic mass is 79.9. The molecule has 1 heterocycles. The van der Waals surface area contributed by atoms with Gasteiger partial charge in [-0.2, -0.15) is 4.31 Å². The van der Waals surface area contributed by atoms with E-state index < -0.39 is 10.0 Å². The maximum absolute atomic E-state index is 12.8. The number of hydrogen-bond donors (Lipinski definition) is 1. The molecule has 1 aliphatic heterocycles. The number of rotatable bonds is 5. The van der Waals surface area contributed by atoms with E-state index in [4.69, 9.17) is 16.3 Å². The van der Waals surface area contributed by atoms with Gasteiger partial charge in [0.05, 0.1) is 24.7 Å². The lowest BCUT2D eigenvalue weighted by atomic mass is 10.1. The summed E-state index contributed by atoms with van der Waals surface area (Å²) in [7, 11) is -3.75. The van der Waals surface area contributed by atoms with Crippen LogP contribution in [0, 0.1) is 0 Å². The van der Waals surface area contributed by atoms with Gasteiger partial charge in [0.2, 0.25) is 15.9 Å². The molecule has 1 saturated heterocycles. The molecule has 0 saturated carbocycles. The van der Waals surface area contributed by atoms with Gasteiger partial charge in [0.1, 0.15) is 4.90 Å². The lowest BCUT2D eigenvalue weighted by Crippen LogP contribution is -2.40. The van der Waals surface area contributed by atoms with E-state index in [-0.39, 0.29) is 35.3 Å². The van der Waals surface area contributed by atoms with Crippen LogP contribution in [0.3, 0.4) is 0 Å². The van der Waals surface area contributed by atoms with Gasteiger partial charge in [0.15, 0.2) is 0 Å². The van der Waals surface area contributed by atoms with E-state index in [1.165, 1.54) is 16.4 Å². The molecule has 3 rings (SSSR count). The number of morpholine rings is 1. The van der Waals surface area contributed by atoms with Crippen LogP contribution >= 0.6 is 27.5 Å². The molecular formula is C18H18BrClN2O4S. The number of ether oxygens (including phenoxy) is 1. The molecule has 1 aliphatic rings. The lowest BCUT2D eigenvalue weighted by Gasteiger charge is -2.26. The summed E-state index contributed by atoms with van der Waals surface area (Å²) in [6, 6.07) is 11.9. The SMILES string of the molecule is O=C(Cc1ccc(Br)cc1)Nc1ccc(Cl)c(S(=O)(=O)N2CCOCC2)c1. The summed E-state index contributed by atoms with van der Waals surface area (Å²) in [6.45, 7) is 1.25. The summed E-state index contributed by atoms with van der Waals surface area (Å²) in [4.78, 5) is 12.3. The van der Waals surface area contributed by atoms with Crippen molar-refractivity contribution in [3.63, 3.8) is 0 Å². The smallest absolute Gasteiger partial charge is 0.244 e. The molecule has 0 atom stereocenters. The standard InChI is InChI=1S/C18H18BrClN2O4S/c19-14-3-1-13(2-4-14)11-18(23)21-15-5-6-16(20)17(12-15)27(24,25)22-7-9-26-10-8-22/h1-6,12H,7-11H2,(H,21,23). The quantitative estimate of drug-likeness (QED) is 0.723. The first-order valence-electron chi connectivity index (χ1n) is 8.28. The summed E-state index contributed by atoms with van der Waals surface area (Å²) < 4.78 is 33.1. The van der Waals surface area contributed by atoms with Crippen LogP contribution in [0.1, 0.15) is 5.56 Å². The van der Waals surface area contributed by atoms with Crippen LogP contribution < -0.4 is 5.32 Å². The zero-order valence-corrected chi connectivity index (χ0v) is 17.5. The highest BCUT2D eigenvalue weighted by Crippen LogP contribution is 2.28. The van der Waals surface area contributed by atoms with Gasteiger partial charge in [-0.15, -0.1) is 0 Å². The van der Waals surface area contributed by atoms with Gasteiger partial charge in [0.25, 0.3) is 0 Å². The Bertz CT molecular complexity index is 929. The maximum atomic E-state index is 12.8. The van der Waals surface area contributed by atoms with Gasteiger partial charge in [-0.25, -0.2) is 8.42 Å². The van der Waals surface area contributed by atoms with Crippen molar-refractivity contribution < 1.29 is 17.9 Å². The average molecular weight is 474 g/mol. The number of carbonyl (C=O) groups excluding carboxylic acids is 1. The van der Waals surface area contributed by atoms with Crippen molar-refractivity contribution in [3.8, 4) is 0 Å². The average Bonchev–Trinajstić information content (AvgIpc) is 2.66. The number of halogens is 2. The minimum atomic E-state index is -3.75. The van der Waals surface area contributed by atoms with Gasteiger partial charge in [0, 0.05) is 23.2 Å². The van der Waals surface area contributed by atoms with Crippen molar-refractivity contribution in [3.05, 3.63) is 57.5 Å². The molecule has 1 amide bonds. The van der Waals surface area contributed by atoms with Crippen LogP contribution in [-0.2, 0) is 26.0 Å². The second kappa shape index (κ2) is 8.70. The Balaban J connectivity index is 1.76. The van der Waals surface area contributed by atoms with Crippen molar-refractivity contribution in [2.24, 2.45) is 0 Å². The van der Waals surface area contributed by atoms with Gasteiger partial charge in [-0.1, -0.05) is 39.7 Å². The van der Waals surface area contributed by atoms with Crippen LogP contribution in [0.5, 0.6) is 0 Å². The summed E-state index contributed by atoms with van der Waals surface area (Å²) >= 11 is 9.48. The third-order valence-electron chi connectivity index (χ3n) is 4.08. The molecule has 6 nitrogen and oxygen atoms in total. The van der Waals surface area contributed by atoms with E-state index in [0.29, 0.717) is 18.9 Å². The van der Waals surface area contributed by atoms with Crippen LogP contribution in [0.25, 0.3) is 0 Å². The number of carbonyl (C=O) groups is 1. The van der Waals surface area contributed by atoms with E-state index in [0.717, 1.165) is 10.0 Å². The zero-order valence-electron chi connectivity index (χ0n) is 14.3. The van der Waals surface area contributed by atoms with Crippen LogP contribution in [-0.4, -0.2) is 44.9 Å². The molecule has 0 aromatic heterocycles. The van der Waals surface area contributed by atoms with Crippen LogP contribution in [0.2, 0.25) is 5.02 Å². The number of amides is 1. The molecule has 0 radical (unpaired) electrons. The molecule has 1 fully saturated rings. The van der Waals surface area contributed by atoms with Crippen molar-refractivity contribution >= 4 is 49.1 Å². The third-order valence-corrected chi connectivity index (χ3v) is 6.99. The topological polar surface area (TPSA) is 75.7 Å². The summed E-state index contributed by atoms with van der Waals surface area (Å²) in [5, 5.41) is 2.85. The molecule has 27 heavy (non-hydrogen) atoms. The molecular weight excluding hydrogens is 456 g/mol. The second-order valence-electron chi connectivity index (χ2n) is 6.01. The molecule has 0 aliphatic carbocycles. The Morgan fingerprint density at radius 2 is 1.81 bits per heavy atom. The summed E-state index contributed by atoms with van der Waals surface area (Å²) in [5.74, 6) is -0.241. The van der Waals surface area contributed by atoms with Crippen molar-refractivity contribution in [1.29, 1.82) is 0 Å². The number of nitrogens with one attached hydrogen (secondary N) is 1. The monoisotopic (exact) mass is 472 g/mol. The Labute approximate surface area is 171 Å². The number of hydrogen-bond acceptors (Lipinski definition) is 4. The number of anilines is 1. The molecule has 9 heteroatoms. The van der Waals surface area contributed by atoms with Crippen molar-refractivity contribution in [1.82, 2.24) is 4.31 Å². The first-order chi connectivity index (χ1) is 12.9. The zero-order chi connectivity index (χ0) is 19.4. The van der Waals surface area contributed by atoms with Crippen molar-refractivity contribution in [2.45, 2.75) is 11.3 Å². The maximum Gasteiger partial charge on any atom is 0.244 e. The predicted octanol–water partition coefficient (Wildman–Crippen LogP) is 3.30. The fourth-order valence-electron chi connectivity index (χ4n) is 2.70. The van der Waals surface area contributed by atoms with Gasteiger partial charge >= 0.3 is 0 Å². The van der Waals surface area contributed by atoms with E-state index in [1.54, 1.807) is 6.07 Å². The second-order valence-corrected chi connectivity index (χ2v) is 9.24. The van der Waals surface area contributed by atoms with Gasteiger partial charge in [-0.05, 0) is 35.9 Å². The van der Waals surface area contributed by atoms with Crippen molar-refractivity contribution in [2.75, 3.05) is 31.6 Å². The molecule has 2 aromatic carbocycles. The highest BCUT2D eigenvalue weighted by Gasteiger charge is 2.28. The molecule has 2 aromatic rings. The molecule has 1 N–H and O–H groups in total. The number of nitrogens with zero attached hydrogens (tertiary/aromatic N) is 1. The first kappa shape index (κ1) is 20.3. The fourth-order valence-corrected chi connectivity index (χ4v) is 4.87. The van der Waals surface area contributed by atoms with Gasteiger partial charge < -0.3 is 10.1 Å². The normalized spacial score (nSPS) is 15.5. The highest BCUT2D eigenvalue weighted by molar-refractivity contribution is 9.10. The molecule has 0 unspecified atom stereocenters. The fraction of sp³-hybridized carbons (Fsp3) is 0.278. The minimum absolute atomic E-state index is 0.0208. The molecule has 0 spiro atoms. The van der Waals surface area contributed by atoms with Gasteiger partial charge in [-0.3, -0.25) is 4.79 Å². The lowest BCUT2D eigenvalue weighted by molar-refractivity contribution is -0.115. The Kier molecular flexibility index (Phi) is 6.54. The Morgan fingerprint density at radius 1 is 1.15 bits per heavy atom. The third kappa shape index (κ3) is 5.08. The van der Waals surface area contributed by atoms with Crippen LogP contribution in [0.15, 0.2) is 51.8 Å². The Hall–Kier alpha value is -1.45. The van der Waals surface area contributed by atoms with E-state index >= 15 is 0 Å². The number of sulfonamides is 1. The van der Waals surface area contributed by atoms with E-state index in [1.807, 2.05) is 24.3 Å². The molecule has 144 valence electrons. The largest absolute Gasteiger partial charge is 0.379 e. The van der Waals surface area contributed by atoms with E-state index in [9.17, 15) is 13.2 Å². The summed E-state index contributed by atoms with van der Waals surface area (Å²) in [6.07, 6.45) is 0.182. The minimum Gasteiger partial charge on any atom is -0.379 e. The Morgan fingerprint density at radius 3 is 2.48 bits per heavy atom. The number of benzene rings is 2. The first-order valence-corrected chi connectivity index (χ1v) is 10.9. The van der Waals surface area contributed by atoms with E-state index in [2.05, 4.69) is 21.2 Å². The van der Waals surface area contributed by atoms with Crippen LogP contribution in [0.4, 0.5) is 5.69 Å².